The monoisotopic (exact) mass is 498 g/mol. The molecule has 194 valence electrons. The third-order valence-electron chi connectivity index (χ3n) is 7.51. The summed E-state index contributed by atoms with van der Waals surface area (Å²) in [5.41, 5.74) is 6.18. The van der Waals surface area contributed by atoms with E-state index in [1.807, 2.05) is 31.0 Å². The number of carboxylic acids is 1. The van der Waals surface area contributed by atoms with Crippen LogP contribution >= 0.6 is 0 Å². The molecule has 0 unspecified atom stereocenters. The minimum atomic E-state index is -0.860. The Morgan fingerprint density at radius 2 is 2.00 bits per heavy atom. The number of halogens is 2. The summed E-state index contributed by atoms with van der Waals surface area (Å²) >= 11 is 0. The van der Waals surface area contributed by atoms with E-state index >= 15 is 4.39 Å². The Hall–Kier alpha value is -2.77. The molecule has 0 radical (unpaired) electrons. The average Bonchev–Trinajstić information content (AvgIpc) is 3.21. The maximum Gasteiger partial charge on any atom is 0.304 e. The lowest BCUT2D eigenvalue weighted by Crippen LogP contribution is -2.42. The summed E-state index contributed by atoms with van der Waals surface area (Å²) in [6.07, 6.45) is 2.03. The van der Waals surface area contributed by atoms with Crippen molar-refractivity contribution in [2.75, 3.05) is 40.0 Å². The molecular weight excluding hydrogens is 462 g/mol. The Balaban J connectivity index is 1.68. The molecule has 2 aliphatic rings. The van der Waals surface area contributed by atoms with Crippen LogP contribution in [0.25, 0.3) is 5.57 Å². The van der Waals surface area contributed by atoms with Gasteiger partial charge in [-0.1, -0.05) is 24.3 Å². The van der Waals surface area contributed by atoms with Gasteiger partial charge < -0.3 is 14.7 Å². The van der Waals surface area contributed by atoms with Crippen molar-refractivity contribution in [3.8, 4) is 5.75 Å². The number of hydrogen-bond donors (Lipinski definition) is 1. The van der Waals surface area contributed by atoms with Crippen molar-refractivity contribution in [3.63, 3.8) is 0 Å². The summed E-state index contributed by atoms with van der Waals surface area (Å²) in [4.78, 5) is 15.6. The number of alkyl halides is 1. The molecule has 2 aromatic rings. The van der Waals surface area contributed by atoms with Gasteiger partial charge in [0.2, 0.25) is 0 Å². The first-order valence-electron chi connectivity index (χ1n) is 12.8. The van der Waals surface area contributed by atoms with Gasteiger partial charge in [0.25, 0.3) is 0 Å². The lowest BCUT2D eigenvalue weighted by molar-refractivity contribution is -0.137. The Kier molecular flexibility index (Phi) is 8.42. The van der Waals surface area contributed by atoms with Crippen LogP contribution in [0.2, 0.25) is 0 Å². The van der Waals surface area contributed by atoms with E-state index in [4.69, 9.17) is 4.74 Å². The third-order valence-corrected chi connectivity index (χ3v) is 7.51. The normalized spacial score (nSPS) is 19.5. The van der Waals surface area contributed by atoms with Gasteiger partial charge >= 0.3 is 5.97 Å². The Bertz CT molecular complexity index is 1130. The van der Waals surface area contributed by atoms with E-state index in [1.54, 1.807) is 6.07 Å². The van der Waals surface area contributed by atoms with Crippen LogP contribution in [0.15, 0.2) is 42.0 Å². The quantitative estimate of drug-likeness (QED) is 0.448. The van der Waals surface area contributed by atoms with E-state index in [2.05, 4.69) is 24.0 Å². The molecule has 0 spiro atoms. The van der Waals surface area contributed by atoms with Gasteiger partial charge in [-0.2, -0.15) is 0 Å². The zero-order valence-electron chi connectivity index (χ0n) is 21.4. The number of benzene rings is 2. The molecule has 36 heavy (non-hydrogen) atoms. The zero-order valence-corrected chi connectivity index (χ0v) is 21.4. The van der Waals surface area contributed by atoms with Gasteiger partial charge in [0.15, 0.2) is 0 Å². The number of rotatable bonds is 11. The standard InChI is InChI=1S/C29H36F2N2O3/c1-19-17-23-22-8-5-4-7-21(22)18-24(23)29(33(19)14-11-27(34)35)28-20(2)26(10-9-25(28)31)36-16-15-32(3)13-6-12-30/h4-5,7-10,19,29H,6,11-18H2,1-3H3,(H,34,35)/t19-,29+/m1/s1. The molecule has 7 heteroatoms. The lowest BCUT2D eigenvalue weighted by atomic mass is 9.83. The van der Waals surface area contributed by atoms with Crippen molar-refractivity contribution in [2.24, 2.45) is 0 Å². The van der Waals surface area contributed by atoms with Crippen molar-refractivity contribution in [1.29, 1.82) is 0 Å². The van der Waals surface area contributed by atoms with Crippen LogP contribution in [-0.4, -0.2) is 66.9 Å². The van der Waals surface area contributed by atoms with Gasteiger partial charge in [0.1, 0.15) is 18.2 Å². The van der Waals surface area contributed by atoms with Gasteiger partial charge in [-0.3, -0.25) is 14.1 Å². The fourth-order valence-electron chi connectivity index (χ4n) is 5.66. The molecule has 0 amide bonds. The topological polar surface area (TPSA) is 53.0 Å². The van der Waals surface area contributed by atoms with Crippen molar-refractivity contribution in [2.45, 2.75) is 51.6 Å². The molecule has 0 fully saturated rings. The minimum absolute atomic E-state index is 0.00151. The van der Waals surface area contributed by atoms with E-state index in [-0.39, 0.29) is 31.0 Å². The zero-order chi connectivity index (χ0) is 25.8. The molecular formula is C29H36F2N2O3. The highest BCUT2D eigenvalue weighted by molar-refractivity contribution is 5.79. The molecule has 5 nitrogen and oxygen atoms in total. The van der Waals surface area contributed by atoms with Gasteiger partial charge in [-0.25, -0.2) is 4.39 Å². The molecule has 1 heterocycles. The van der Waals surface area contributed by atoms with Gasteiger partial charge in [0.05, 0.1) is 19.1 Å². The molecule has 0 aromatic heterocycles. The number of carboxylic acid groups (broad SMARTS) is 1. The summed E-state index contributed by atoms with van der Waals surface area (Å²) < 4.78 is 34.2. The Morgan fingerprint density at radius 3 is 2.75 bits per heavy atom. The number of likely N-dealkylation sites (N-methyl/N-ethyl adjacent to an activating group) is 1. The molecule has 1 aliphatic heterocycles. The largest absolute Gasteiger partial charge is 0.492 e. The van der Waals surface area contributed by atoms with Gasteiger partial charge in [-0.05, 0) is 80.1 Å². The highest BCUT2D eigenvalue weighted by Crippen LogP contribution is 2.50. The van der Waals surface area contributed by atoms with Crippen molar-refractivity contribution in [1.82, 2.24) is 9.80 Å². The van der Waals surface area contributed by atoms with E-state index in [1.165, 1.54) is 22.8 Å². The molecule has 1 N–H and O–H groups in total. The predicted octanol–water partition coefficient (Wildman–Crippen LogP) is 5.42. The second kappa shape index (κ2) is 11.5. The number of hydrogen-bond acceptors (Lipinski definition) is 4. The third kappa shape index (κ3) is 5.47. The van der Waals surface area contributed by atoms with E-state index in [0.29, 0.717) is 44.0 Å². The summed E-state index contributed by atoms with van der Waals surface area (Å²) in [7, 11) is 1.93. The summed E-state index contributed by atoms with van der Waals surface area (Å²) in [6, 6.07) is 11.2. The molecule has 1 aliphatic carbocycles. The van der Waals surface area contributed by atoms with Crippen LogP contribution in [0.3, 0.4) is 0 Å². The second-order valence-electron chi connectivity index (χ2n) is 9.95. The fourth-order valence-corrected chi connectivity index (χ4v) is 5.66. The highest BCUT2D eigenvalue weighted by Gasteiger charge is 2.40. The maximum absolute atomic E-state index is 15.6. The minimum Gasteiger partial charge on any atom is -0.492 e. The molecule has 2 atom stereocenters. The first kappa shape index (κ1) is 26.3. The predicted molar refractivity (Wildman–Crippen MR) is 138 cm³/mol. The summed E-state index contributed by atoms with van der Waals surface area (Å²) in [6.45, 7) is 5.70. The first-order valence-corrected chi connectivity index (χ1v) is 12.8. The lowest BCUT2D eigenvalue weighted by Gasteiger charge is -2.43. The van der Waals surface area contributed by atoms with E-state index in [9.17, 15) is 14.3 Å². The number of fused-ring (bicyclic) bond motifs is 2. The van der Waals surface area contributed by atoms with E-state index < -0.39 is 5.97 Å². The van der Waals surface area contributed by atoms with Crippen LogP contribution in [0.5, 0.6) is 5.75 Å². The van der Waals surface area contributed by atoms with Crippen molar-refractivity contribution in [3.05, 3.63) is 70.0 Å². The number of aliphatic carboxylic acids is 1. The van der Waals surface area contributed by atoms with Crippen LogP contribution in [0.4, 0.5) is 8.78 Å². The number of carbonyl (C=O) groups is 1. The van der Waals surface area contributed by atoms with E-state index in [0.717, 1.165) is 24.0 Å². The molecule has 2 aromatic carbocycles. The fraction of sp³-hybridized carbons (Fsp3) is 0.483. The summed E-state index contributed by atoms with van der Waals surface area (Å²) in [5, 5.41) is 9.41. The number of ether oxygens (including phenoxy) is 1. The first-order chi connectivity index (χ1) is 17.3. The van der Waals surface area contributed by atoms with Crippen molar-refractivity contribution >= 4 is 11.5 Å². The SMILES string of the molecule is Cc1c(OCCN(C)CCCF)ccc(F)c1[C@@H]1C2=C(C[C@@H](C)N1CCC(=O)O)c1ccccc1C2. The van der Waals surface area contributed by atoms with Crippen LogP contribution in [0.1, 0.15) is 54.5 Å². The molecule has 0 saturated carbocycles. The summed E-state index contributed by atoms with van der Waals surface area (Å²) in [5.74, 6) is -0.539. The Morgan fingerprint density at radius 1 is 1.22 bits per heavy atom. The molecule has 0 saturated heterocycles. The Labute approximate surface area is 212 Å². The average molecular weight is 499 g/mol. The molecule has 0 bridgehead atoms. The van der Waals surface area contributed by atoms with Crippen molar-refractivity contribution < 1.29 is 23.4 Å². The van der Waals surface area contributed by atoms with Gasteiger partial charge in [0, 0.05) is 31.2 Å². The van der Waals surface area contributed by atoms with Crippen LogP contribution < -0.4 is 4.74 Å². The van der Waals surface area contributed by atoms with Crippen LogP contribution in [0, 0.1) is 12.7 Å². The number of nitrogens with zero attached hydrogens (tertiary/aromatic N) is 2. The van der Waals surface area contributed by atoms with Crippen LogP contribution in [-0.2, 0) is 11.2 Å². The smallest absolute Gasteiger partial charge is 0.304 e. The maximum atomic E-state index is 15.6. The second-order valence-corrected chi connectivity index (χ2v) is 9.95. The van der Waals surface area contributed by atoms with Gasteiger partial charge in [-0.15, -0.1) is 0 Å². The molecule has 4 rings (SSSR count). The highest BCUT2D eigenvalue weighted by atomic mass is 19.1.